The van der Waals surface area contributed by atoms with E-state index < -0.39 is 0 Å². The Kier molecular flexibility index (Phi) is 2.85. The highest BCUT2D eigenvalue weighted by atomic mass is 16.3. The van der Waals surface area contributed by atoms with E-state index in [2.05, 4.69) is 13.0 Å². The van der Waals surface area contributed by atoms with Gasteiger partial charge < -0.3 is 5.11 Å². The van der Waals surface area contributed by atoms with Crippen LogP contribution in [0.1, 0.15) is 64.7 Å². The molecule has 3 saturated carbocycles. The Morgan fingerprint density at radius 3 is 2.89 bits per heavy atom. The van der Waals surface area contributed by atoms with Crippen molar-refractivity contribution in [3.63, 3.8) is 0 Å². The molecule has 4 aliphatic rings. The van der Waals surface area contributed by atoms with Gasteiger partial charge >= 0.3 is 0 Å². The van der Waals surface area contributed by atoms with Crippen molar-refractivity contribution in [2.45, 2.75) is 70.8 Å². The summed E-state index contributed by atoms with van der Waals surface area (Å²) < 4.78 is 0. The molecule has 106 valence electrons. The molecule has 4 aliphatic carbocycles. The lowest BCUT2D eigenvalue weighted by Crippen LogP contribution is -2.46. The molecule has 1 nitrogen and oxygen atoms in total. The molecule has 0 amide bonds. The minimum Gasteiger partial charge on any atom is -0.393 e. The molecule has 19 heavy (non-hydrogen) atoms. The van der Waals surface area contributed by atoms with E-state index in [1.165, 1.54) is 51.4 Å². The molecule has 0 heterocycles. The molecule has 0 radical (unpaired) electrons. The average molecular weight is 260 g/mol. The summed E-state index contributed by atoms with van der Waals surface area (Å²) in [5.41, 5.74) is 2.07. The number of hydrogen-bond acceptors (Lipinski definition) is 1. The number of allylic oxidation sites excluding steroid dienone is 2. The Morgan fingerprint density at radius 1 is 1.11 bits per heavy atom. The van der Waals surface area contributed by atoms with Crippen LogP contribution in [0.25, 0.3) is 0 Å². The second-order valence-electron chi connectivity index (χ2n) is 7.94. The molecule has 0 bridgehead atoms. The fourth-order valence-corrected chi connectivity index (χ4v) is 6.22. The van der Waals surface area contributed by atoms with Crippen molar-refractivity contribution in [1.82, 2.24) is 0 Å². The predicted octanol–water partition coefficient (Wildman–Crippen LogP) is 4.31. The summed E-state index contributed by atoms with van der Waals surface area (Å²) in [7, 11) is 0. The van der Waals surface area contributed by atoms with Crippen LogP contribution in [0.4, 0.5) is 0 Å². The molecule has 1 heteroatoms. The third-order valence-electron chi connectivity index (χ3n) is 7.32. The first-order valence-electron chi connectivity index (χ1n) is 8.57. The minimum absolute atomic E-state index is 0.0183. The zero-order chi connectivity index (χ0) is 13.0. The van der Waals surface area contributed by atoms with Crippen LogP contribution >= 0.6 is 0 Å². The van der Waals surface area contributed by atoms with E-state index in [4.69, 9.17) is 0 Å². The molecule has 6 atom stereocenters. The molecule has 0 aromatic carbocycles. The van der Waals surface area contributed by atoms with Crippen LogP contribution < -0.4 is 0 Å². The molecule has 1 N–H and O–H groups in total. The summed E-state index contributed by atoms with van der Waals surface area (Å²) in [5, 5.41) is 10.4. The van der Waals surface area contributed by atoms with Crippen molar-refractivity contribution in [3.8, 4) is 0 Å². The summed E-state index contributed by atoms with van der Waals surface area (Å²) in [6.07, 6.45) is 14.7. The summed E-state index contributed by atoms with van der Waals surface area (Å²) in [6, 6.07) is 0. The highest BCUT2D eigenvalue weighted by molar-refractivity contribution is 5.19. The van der Waals surface area contributed by atoms with E-state index in [1.54, 1.807) is 0 Å². The number of aliphatic hydroxyl groups excluding tert-OH is 1. The molecule has 3 fully saturated rings. The molecule has 0 aromatic heterocycles. The Hall–Kier alpha value is -0.300. The third-order valence-corrected chi connectivity index (χ3v) is 7.32. The Bertz CT molecular complexity index is 398. The highest BCUT2D eigenvalue weighted by Crippen LogP contribution is 2.61. The number of aliphatic hydroxyl groups is 1. The lowest BCUT2D eigenvalue weighted by atomic mass is 9.53. The first-order valence-corrected chi connectivity index (χ1v) is 8.57. The molecule has 0 saturated heterocycles. The van der Waals surface area contributed by atoms with E-state index in [9.17, 15) is 5.11 Å². The maximum Gasteiger partial charge on any atom is 0.0596 e. The van der Waals surface area contributed by atoms with Gasteiger partial charge in [-0.3, -0.25) is 0 Å². The fourth-order valence-electron chi connectivity index (χ4n) is 6.22. The minimum atomic E-state index is -0.0183. The van der Waals surface area contributed by atoms with Crippen molar-refractivity contribution >= 4 is 0 Å². The number of fused-ring (bicyclic) bond motifs is 5. The van der Waals surface area contributed by atoms with Gasteiger partial charge in [0.25, 0.3) is 0 Å². The van der Waals surface area contributed by atoms with Gasteiger partial charge in [-0.15, -0.1) is 0 Å². The Labute approximate surface area is 117 Å². The van der Waals surface area contributed by atoms with Gasteiger partial charge in [0.05, 0.1) is 6.10 Å². The zero-order valence-electron chi connectivity index (χ0n) is 12.3. The number of rotatable bonds is 0. The maximum absolute atomic E-state index is 10.4. The van der Waals surface area contributed by atoms with Crippen molar-refractivity contribution in [2.75, 3.05) is 0 Å². The summed E-state index contributed by atoms with van der Waals surface area (Å²) in [6.45, 7) is 2.38. The monoisotopic (exact) mass is 260 g/mol. The van der Waals surface area contributed by atoms with Gasteiger partial charge in [0.1, 0.15) is 0 Å². The first kappa shape index (κ1) is 12.4. The highest BCUT2D eigenvalue weighted by Gasteiger charge is 2.55. The van der Waals surface area contributed by atoms with Gasteiger partial charge in [0.2, 0.25) is 0 Å². The third kappa shape index (κ3) is 1.70. The van der Waals surface area contributed by atoms with Crippen LogP contribution in [0, 0.1) is 29.1 Å². The summed E-state index contributed by atoms with van der Waals surface area (Å²) in [5.74, 6) is 3.59. The Balaban J connectivity index is 1.64. The van der Waals surface area contributed by atoms with Crippen LogP contribution in [0.15, 0.2) is 11.6 Å². The van der Waals surface area contributed by atoms with Crippen LogP contribution in [0.2, 0.25) is 0 Å². The summed E-state index contributed by atoms with van der Waals surface area (Å²) in [4.78, 5) is 0. The van der Waals surface area contributed by atoms with E-state index >= 15 is 0 Å². The summed E-state index contributed by atoms with van der Waals surface area (Å²) >= 11 is 0. The molecule has 0 unspecified atom stereocenters. The second kappa shape index (κ2) is 4.35. The largest absolute Gasteiger partial charge is 0.393 e. The molecule has 4 rings (SSSR count). The predicted molar refractivity (Wildman–Crippen MR) is 77.7 cm³/mol. The van der Waals surface area contributed by atoms with E-state index in [0.717, 1.165) is 30.1 Å². The lowest BCUT2D eigenvalue weighted by molar-refractivity contribution is -0.0470. The standard InChI is InChI=1S/C18H28O/c1-18-11-10-14-13-5-3-2-4-12(13)6-7-15(14)16(18)8-9-17(18)19/h6,13-17,19H,2-5,7-11H2,1H3/t13-,14+,15+,16-,17-,18-/m0/s1. The molecule has 0 spiro atoms. The molecule has 0 aliphatic heterocycles. The van der Waals surface area contributed by atoms with E-state index in [0.29, 0.717) is 0 Å². The molecular weight excluding hydrogens is 232 g/mol. The van der Waals surface area contributed by atoms with Crippen molar-refractivity contribution < 1.29 is 5.11 Å². The van der Waals surface area contributed by atoms with E-state index in [1.807, 2.05) is 5.57 Å². The van der Waals surface area contributed by atoms with Crippen molar-refractivity contribution in [1.29, 1.82) is 0 Å². The van der Waals surface area contributed by atoms with Gasteiger partial charge in [-0.2, -0.15) is 0 Å². The second-order valence-corrected chi connectivity index (χ2v) is 7.94. The van der Waals surface area contributed by atoms with Gasteiger partial charge in [0, 0.05) is 0 Å². The normalized spacial score (nSPS) is 52.9. The first-order chi connectivity index (χ1) is 9.20. The smallest absolute Gasteiger partial charge is 0.0596 e. The van der Waals surface area contributed by atoms with Crippen molar-refractivity contribution in [2.24, 2.45) is 29.1 Å². The zero-order valence-corrected chi connectivity index (χ0v) is 12.3. The maximum atomic E-state index is 10.4. The van der Waals surface area contributed by atoms with Gasteiger partial charge in [-0.25, -0.2) is 0 Å². The number of hydrogen-bond donors (Lipinski definition) is 1. The average Bonchev–Trinajstić information content (AvgIpc) is 2.75. The Morgan fingerprint density at radius 2 is 2.00 bits per heavy atom. The van der Waals surface area contributed by atoms with Gasteiger partial charge in [0.15, 0.2) is 0 Å². The van der Waals surface area contributed by atoms with Crippen LogP contribution in [-0.2, 0) is 0 Å². The molecule has 0 aromatic rings. The van der Waals surface area contributed by atoms with E-state index in [-0.39, 0.29) is 11.5 Å². The van der Waals surface area contributed by atoms with Gasteiger partial charge in [-0.1, -0.05) is 25.0 Å². The fraction of sp³-hybridized carbons (Fsp3) is 0.889. The lowest BCUT2D eigenvalue weighted by Gasteiger charge is -2.52. The SMILES string of the molecule is C[C@]12CC[C@H]3[C@@H](CC=C4CCCC[C@@H]43)[C@@H]1CC[C@@H]2O. The van der Waals surface area contributed by atoms with Crippen LogP contribution in [0.5, 0.6) is 0 Å². The van der Waals surface area contributed by atoms with Crippen LogP contribution in [-0.4, -0.2) is 11.2 Å². The van der Waals surface area contributed by atoms with Gasteiger partial charge in [-0.05, 0) is 80.5 Å². The van der Waals surface area contributed by atoms with Crippen molar-refractivity contribution in [3.05, 3.63) is 11.6 Å². The quantitative estimate of drug-likeness (QED) is 0.643. The van der Waals surface area contributed by atoms with Crippen LogP contribution in [0.3, 0.4) is 0 Å². The topological polar surface area (TPSA) is 20.2 Å². The molecular formula is C18H28O.